The molecule has 2 aliphatic heterocycles. The molecule has 10 heteroatoms. The molecule has 1 spiro atoms. The largest absolute Gasteiger partial charge is 0.494 e. The summed E-state index contributed by atoms with van der Waals surface area (Å²) in [6.45, 7) is 4.43. The Morgan fingerprint density at radius 3 is 2.97 bits per heavy atom. The number of piperidine rings is 1. The second kappa shape index (κ2) is 11.0. The summed E-state index contributed by atoms with van der Waals surface area (Å²) in [5, 5.41) is 6.70. The van der Waals surface area contributed by atoms with Gasteiger partial charge in [-0.15, -0.1) is 0 Å². The van der Waals surface area contributed by atoms with Gasteiger partial charge in [0.2, 0.25) is 5.91 Å². The Morgan fingerprint density at radius 1 is 1.30 bits per heavy atom. The van der Waals surface area contributed by atoms with Crippen molar-refractivity contribution in [3.8, 4) is 5.75 Å². The van der Waals surface area contributed by atoms with Crippen molar-refractivity contribution in [2.24, 2.45) is 5.41 Å². The average molecular weight is 526 g/mol. The molecule has 1 unspecified atom stereocenters. The van der Waals surface area contributed by atoms with Gasteiger partial charge in [0.15, 0.2) is 0 Å². The fraction of sp³-hybridized carbons (Fsp3) is 0.370. The summed E-state index contributed by atoms with van der Waals surface area (Å²) in [5.41, 5.74) is 1.95. The van der Waals surface area contributed by atoms with Gasteiger partial charge in [-0.05, 0) is 50.1 Å². The number of fused-ring (bicyclic) bond motifs is 1. The van der Waals surface area contributed by atoms with E-state index in [9.17, 15) is 9.18 Å². The van der Waals surface area contributed by atoms with Gasteiger partial charge in [0.05, 0.1) is 29.9 Å². The van der Waals surface area contributed by atoms with Crippen LogP contribution in [0, 0.1) is 11.2 Å². The fourth-order valence-electron chi connectivity index (χ4n) is 5.08. The van der Waals surface area contributed by atoms with E-state index in [1.165, 1.54) is 32.0 Å². The zero-order valence-corrected chi connectivity index (χ0v) is 21.4. The van der Waals surface area contributed by atoms with Crippen molar-refractivity contribution in [3.63, 3.8) is 0 Å². The lowest BCUT2D eigenvalue weighted by molar-refractivity contribution is -0.111. The summed E-state index contributed by atoms with van der Waals surface area (Å²) in [7, 11) is 1.53. The molecule has 2 aromatic carbocycles. The van der Waals surface area contributed by atoms with Crippen LogP contribution in [0.4, 0.5) is 21.6 Å². The van der Waals surface area contributed by atoms with Crippen LogP contribution < -0.4 is 15.4 Å². The molecule has 1 aromatic heterocycles. The highest BCUT2D eigenvalue weighted by molar-refractivity contribution is 6.31. The smallest absolute Gasteiger partial charge is 0.248 e. The maximum atomic E-state index is 13.6. The quantitative estimate of drug-likeness (QED) is 0.411. The molecule has 37 heavy (non-hydrogen) atoms. The van der Waals surface area contributed by atoms with Crippen molar-refractivity contribution in [1.29, 1.82) is 0 Å². The first kappa shape index (κ1) is 25.4. The molecule has 1 amide bonds. The van der Waals surface area contributed by atoms with E-state index in [0.717, 1.165) is 39.1 Å². The molecule has 0 radical (unpaired) electrons. The van der Waals surface area contributed by atoms with E-state index in [4.69, 9.17) is 21.1 Å². The number of anilines is 3. The second-order valence-corrected chi connectivity index (χ2v) is 9.99. The molecule has 2 saturated heterocycles. The molecule has 1 atom stereocenters. The minimum atomic E-state index is -0.505. The molecule has 0 aliphatic carbocycles. The Bertz CT molecular complexity index is 1330. The molecule has 2 N–H and O–H groups in total. The third-order valence-electron chi connectivity index (χ3n) is 6.96. The first-order valence-electron chi connectivity index (χ1n) is 12.3. The van der Waals surface area contributed by atoms with Crippen LogP contribution in [0.15, 0.2) is 48.8 Å². The van der Waals surface area contributed by atoms with Crippen molar-refractivity contribution < 1.29 is 18.7 Å². The molecule has 0 saturated carbocycles. The average Bonchev–Trinajstić information content (AvgIpc) is 3.33. The third-order valence-corrected chi connectivity index (χ3v) is 7.24. The van der Waals surface area contributed by atoms with Crippen molar-refractivity contribution in [2.45, 2.75) is 19.3 Å². The van der Waals surface area contributed by atoms with E-state index in [1.807, 2.05) is 6.08 Å². The maximum Gasteiger partial charge on any atom is 0.248 e. The van der Waals surface area contributed by atoms with E-state index in [1.54, 1.807) is 24.3 Å². The number of likely N-dealkylation sites (tertiary alicyclic amines) is 1. The van der Waals surface area contributed by atoms with Crippen molar-refractivity contribution >= 4 is 45.6 Å². The molecule has 3 heterocycles. The van der Waals surface area contributed by atoms with Crippen LogP contribution in [0.25, 0.3) is 10.9 Å². The Labute approximate surface area is 219 Å². The Morgan fingerprint density at radius 2 is 2.19 bits per heavy atom. The number of aromatic nitrogens is 2. The predicted octanol–water partition coefficient (Wildman–Crippen LogP) is 5.17. The van der Waals surface area contributed by atoms with Gasteiger partial charge < -0.3 is 20.1 Å². The molecule has 5 rings (SSSR count). The van der Waals surface area contributed by atoms with Crippen molar-refractivity contribution in [2.75, 3.05) is 50.6 Å². The number of nitrogens with zero attached hydrogens (tertiary/aromatic N) is 3. The molecule has 194 valence electrons. The molecule has 8 nitrogen and oxygen atoms in total. The first-order chi connectivity index (χ1) is 17.9. The van der Waals surface area contributed by atoms with E-state index < -0.39 is 5.82 Å². The summed E-state index contributed by atoms with van der Waals surface area (Å²) in [5.74, 6) is 0.194. The van der Waals surface area contributed by atoms with Crippen LogP contribution in [0.3, 0.4) is 0 Å². The van der Waals surface area contributed by atoms with E-state index in [2.05, 4.69) is 25.5 Å². The van der Waals surface area contributed by atoms with Crippen LogP contribution in [0.5, 0.6) is 5.75 Å². The number of hydrogen-bond donors (Lipinski definition) is 2. The lowest BCUT2D eigenvalue weighted by Gasteiger charge is -2.39. The molecular formula is C27H29ClFN5O3. The van der Waals surface area contributed by atoms with Crippen LogP contribution in [-0.4, -0.2) is 60.7 Å². The van der Waals surface area contributed by atoms with Gasteiger partial charge in [0, 0.05) is 48.3 Å². The number of ether oxygens (including phenoxy) is 2. The fourth-order valence-corrected chi connectivity index (χ4v) is 5.26. The topological polar surface area (TPSA) is 88.6 Å². The van der Waals surface area contributed by atoms with Gasteiger partial charge in [-0.2, -0.15) is 0 Å². The molecule has 3 aromatic rings. The predicted molar refractivity (Wildman–Crippen MR) is 142 cm³/mol. The Hall–Kier alpha value is -3.27. The highest BCUT2D eigenvalue weighted by Gasteiger charge is 2.38. The number of hydrogen-bond acceptors (Lipinski definition) is 7. The molecule has 2 fully saturated rings. The normalized spacial score (nSPS) is 20.1. The minimum absolute atomic E-state index is 0.000989. The summed E-state index contributed by atoms with van der Waals surface area (Å²) < 4.78 is 24.7. The van der Waals surface area contributed by atoms with Gasteiger partial charge in [-0.3, -0.25) is 9.69 Å². The van der Waals surface area contributed by atoms with E-state index >= 15 is 0 Å². The molecular weight excluding hydrogens is 497 g/mol. The van der Waals surface area contributed by atoms with Crippen LogP contribution >= 0.6 is 11.6 Å². The Kier molecular flexibility index (Phi) is 7.55. The van der Waals surface area contributed by atoms with Crippen LogP contribution in [-0.2, 0) is 9.53 Å². The first-order valence-corrected chi connectivity index (χ1v) is 12.6. The monoisotopic (exact) mass is 525 g/mol. The van der Waals surface area contributed by atoms with Gasteiger partial charge in [0.1, 0.15) is 23.7 Å². The highest BCUT2D eigenvalue weighted by Crippen LogP contribution is 2.37. The second-order valence-electron chi connectivity index (χ2n) is 9.58. The zero-order valence-electron chi connectivity index (χ0n) is 20.6. The number of methoxy groups -OCH3 is 1. The lowest BCUT2D eigenvalue weighted by atomic mass is 9.79. The number of carbonyl (C=O) groups excluding carboxylic acids is 1. The molecule has 2 aliphatic rings. The van der Waals surface area contributed by atoms with Gasteiger partial charge in [-0.25, -0.2) is 14.4 Å². The summed E-state index contributed by atoms with van der Waals surface area (Å²) in [6, 6.07) is 7.81. The summed E-state index contributed by atoms with van der Waals surface area (Å²) >= 11 is 5.92. The van der Waals surface area contributed by atoms with Gasteiger partial charge >= 0.3 is 0 Å². The number of amides is 1. The number of halogens is 2. The van der Waals surface area contributed by atoms with E-state index in [-0.39, 0.29) is 16.3 Å². The molecule has 0 bridgehead atoms. The van der Waals surface area contributed by atoms with Gasteiger partial charge in [-0.1, -0.05) is 17.7 Å². The number of carbonyl (C=O) groups is 1. The van der Waals surface area contributed by atoms with Crippen molar-refractivity contribution in [1.82, 2.24) is 14.9 Å². The lowest BCUT2D eigenvalue weighted by Crippen LogP contribution is -2.43. The number of benzene rings is 2. The standard InChI is InChI=1S/C27H29ClFN5O3/c1-36-24-14-22-19(26(31-17-30-22)32-18-5-6-21(29)20(28)12-18)13-23(24)33-25(35)4-2-9-34-10-3-7-27(15-34)8-11-37-16-27/h2,4-6,12-14,17H,3,7-11,15-16H2,1H3,(H,33,35)(H,30,31,32). The number of nitrogens with one attached hydrogen (secondary N) is 2. The van der Waals surface area contributed by atoms with Crippen molar-refractivity contribution in [3.05, 3.63) is 59.7 Å². The third kappa shape index (κ3) is 5.84. The van der Waals surface area contributed by atoms with Crippen LogP contribution in [0.2, 0.25) is 5.02 Å². The van der Waals surface area contributed by atoms with Gasteiger partial charge in [0.25, 0.3) is 0 Å². The van der Waals surface area contributed by atoms with E-state index in [0.29, 0.717) is 40.4 Å². The highest BCUT2D eigenvalue weighted by atomic mass is 35.5. The summed E-state index contributed by atoms with van der Waals surface area (Å²) in [6.07, 6.45) is 8.34. The summed E-state index contributed by atoms with van der Waals surface area (Å²) in [4.78, 5) is 23.8. The minimum Gasteiger partial charge on any atom is -0.494 e. The SMILES string of the molecule is COc1cc2ncnc(Nc3ccc(F)c(Cl)c3)c2cc1NC(=O)C=CCN1CCCC2(CCOC2)C1. The maximum absolute atomic E-state index is 13.6. The van der Waals surface area contributed by atoms with Crippen LogP contribution in [0.1, 0.15) is 19.3 Å². The zero-order chi connectivity index (χ0) is 25.8. The number of rotatable bonds is 7. The Balaban J connectivity index is 1.30.